The highest BCUT2D eigenvalue weighted by atomic mass is 79.9. The maximum atomic E-state index is 13.0. The van der Waals surface area contributed by atoms with Crippen LogP contribution in [0.3, 0.4) is 0 Å². The number of hydrogen-bond donors (Lipinski definition) is 1. The van der Waals surface area contributed by atoms with E-state index in [1.807, 2.05) is 0 Å². The van der Waals surface area contributed by atoms with Crippen molar-refractivity contribution in [1.29, 1.82) is 0 Å². The number of halogens is 5. The maximum Gasteiger partial charge on any atom is 0.392 e. The van der Waals surface area contributed by atoms with E-state index in [9.17, 15) is 18.0 Å². The van der Waals surface area contributed by atoms with E-state index in [0.29, 0.717) is 17.4 Å². The second-order valence-electron chi connectivity index (χ2n) is 4.86. The largest absolute Gasteiger partial charge is 0.392 e. The molecule has 116 valence electrons. The number of carbonyl (C=O) groups is 1. The third kappa shape index (κ3) is 4.15. The minimum Gasteiger partial charge on any atom is -0.308 e. The van der Waals surface area contributed by atoms with Crippen molar-refractivity contribution in [3.8, 4) is 0 Å². The van der Waals surface area contributed by atoms with Gasteiger partial charge >= 0.3 is 6.18 Å². The van der Waals surface area contributed by atoms with Crippen LogP contribution in [0.2, 0.25) is 0 Å². The molecule has 1 N–H and O–H groups in total. The minimum atomic E-state index is -4.36. The van der Waals surface area contributed by atoms with Gasteiger partial charge in [0.1, 0.15) is 9.21 Å². The summed E-state index contributed by atoms with van der Waals surface area (Å²) < 4.78 is 39.7. The van der Waals surface area contributed by atoms with Crippen LogP contribution in [0.15, 0.2) is 15.4 Å². The highest BCUT2D eigenvalue weighted by Crippen LogP contribution is 2.42. The Balaban J connectivity index is 2.14. The number of alkyl halides is 3. The van der Waals surface area contributed by atoms with Crippen LogP contribution in [-0.4, -0.2) is 22.1 Å². The Hall–Kier alpha value is -0.700. The topological polar surface area (TPSA) is 54.9 Å². The third-order valence-corrected chi connectivity index (χ3v) is 4.40. The molecule has 0 aromatic carbocycles. The summed E-state index contributed by atoms with van der Waals surface area (Å²) in [5, 5.41) is 2.43. The number of carbonyl (C=O) groups excluding carboxylic acids is 1. The maximum absolute atomic E-state index is 13.0. The molecule has 1 amide bonds. The number of aromatic nitrogens is 2. The summed E-state index contributed by atoms with van der Waals surface area (Å²) in [5.41, 5.74) is 0. The predicted molar refractivity (Wildman–Crippen MR) is 77.6 cm³/mol. The SMILES string of the molecule is O=C(Nc1ncc(Br)nc1Br)C1CCCCC1C(F)(F)F. The Bertz CT molecular complexity index is 539. The second kappa shape index (κ2) is 6.60. The van der Waals surface area contributed by atoms with Gasteiger partial charge in [0.15, 0.2) is 5.82 Å². The van der Waals surface area contributed by atoms with Gasteiger partial charge in [0.2, 0.25) is 5.91 Å². The van der Waals surface area contributed by atoms with Crippen molar-refractivity contribution in [2.75, 3.05) is 5.32 Å². The van der Waals surface area contributed by atoms with Crippen LogP contribution in [0, 0.1) is 11.8 Å². The van der Waals surface area contributed by atoms with Crippen LogP contribution < -0.4 is 5.32 Å². The summed E-state index contributed by atoms with van der Waals surface area (Å²) >= 11 is 6.22. The van der Waals surface area contributed by atoms with Gasteiger partial charge in [-0.3, -0.25) is 4.79 Å². The molecule has 1 fully saturated rings. The molecule has 1 aliphatic carbocycles. The molecule has 1 heterocycles. The van der Waals surface area contributed by atoms with Gasteiger partial charge < -0.3 is 5.32 Å². The normalized spacial score (nSPS) is 22.9. The Morgan fingerprint density at radius 2 is 1.95 bits per heavy atom. The van der Waals surface area contributed by atoms with Gasteiger partial charge in [-0.2, -0.15) is 13.2 Å². The number of nitrogens with zero attached hydrogens (tertiary/aromatic N) is 2. The summed E-state index contributed by atoms with van der Waals surface area (Å²) in [7, 11) is 0. The van der Waals surface area contributed by atoms with Crippen LogP contribution in [0.25, 0.3) is 0 Å². The van der Waals surface area contributed by atoms with E-state index in [0.717, 1.165) is 0 Å². The number of rotatable bonds is 2. The molecule has 2 unspecified atom stereocenters. The molecule has 9 heteroatoms. The van der Waals surface area contributed by atoms with Gasteiger partial charge in [0.25, 0.3) is 0 Å². The third-order valence-electron chi connectivity index (χ3n) is 3.47. The monoisotopic (exact) mass is 429 g/mol. The number of anilines is 1. The summed E-state index contributed by atoms with van der Waals surface area (Å²) in [5.74, 6) is -3.20. The standard InChI is InChI=1S/C12H12Br2F3N3O/c13-8-5-18-10(9(14)19-8)20-11(21)6-3-1-2-4-7(6)12(15,16)17/h5-7H,1-4H2,(H,18,20,21). The molecule has 4 nitrogen and oxygen atoms in total. The zero-order valence-corrected chi connectivity index (χ0v) is 13.9. The van der Waals surface area contributed by atoms with Gasteiger partial charge in [0.05, 0.1) is 12.1 Å². The van der Waals surface area contributed by atoms with Gasteiger partial charge in [-0.05, 0) is 44.7 Å². The molecular formula is C12H12Br2F3N3O. The van der Waals surface area contributed by atoms with Crippen LogP contribution in [0.5, 0.6) is 0 Å². The number of hydrogen-bond acceptors (Lipinski definition) is 3. The van der Waals surface area contributed by atoms with E-state index < -0.39 is 23.9 Å². The van der Waals surface area contributed by atoms with Crippen molar-refractivity contribution in [3.63, 3.8) is 0 Å². The summed E-state index contributed by atoms with van der Waals surface area (Å²) in [4.78, 5) is 20.1. The average molecular weight is 431 g/mol. The molecule has 2 atom stereocenters. The number of amides is 1. The molecule has 2 rings (SSSR count). The van der Waals surface area contributed by atoms with E-state index in [-0.39, 0.29) is 23.3 Å². The van der Waals surface area contributed by atoms with E-state index >= 15 is 0 Å². The van der Waals surface area contributed by atoms with Crippen LogP contribution >= 0.6 is 31.9 Å². The molecule has 0 radical (unpaired) electrons. The van der Waals surface area contributed by atoms with Gasteiger partial charge in [0, 0.05) is 5.92 Å². The van der Waals surface area contributed by atoms with Crippen molar-refractivity contribution >= 4 is 43.6 Å². The highest BCUT2D eigenvalue weighted by Gasteiger charge is 2.48. The summed E-state index contributed by atoms with van der Waals surface area (Å²) in [6, 6.07) is 0. The van der Waals surface area contributed by atoms with E-state index in [4.69, 9.17) is 0 Å². The van der Waals surface area contributed by atoms with Crippen LogP contribution in [0.4, 0.5) is 19.0 Å². The van der Waals surface area contributed by atoms with Crippen molar-refractivity contribution in [1.82, 2.24) is 9.97 Å². The Labute approximate surface area is 136 Å². The lowest BCUT2D eigenvalue weighted by molar-refractivity contribution is -0.197. The lowest BCUT2D eigenvalue weighted by Gasteiger charge is -2.31. The molecule has 0 spiro atoms. The zero-order valence-electron chi connectivity index (χ0n) is 10.8. The molecule has 1 saturated carbocycles. The molecule has 1 aromatic rings. The quantitative estimate of drug-likeness (QED) is 0.760. The fourth-order valence-electron chi connectivity index (χ4n) is 2.48. The van der Waals surface area contributed by atoms with Crippen LogP contribution in [0.1, 0.15) is 25.7 Å². The Kier molecular flexibility index (Phi) is 5.24. The molecule has 0 aliphatic heterocycles. The molecule has 0 saturated heterocycles. The van der Waals surface area contributed by atoms with Crippen molar-refractivity contribution in [2.24, 2.45) is 11.8 Å². The molecule has 1 aromatic heterocycles. The average Bonchev–Trinajstić information content (AvgIpc) is 2.41. The first-order valence-corrected chi connectivity index (χ1v) is 7.93. The van der Waals surface area contributed by atoms with Gasteiger partial charge in [-0.1, -0.05) is 12.8 Å². The van der Waals surface area contributed by atoms with Crippen molar-refractivity contribution in [3.05, 3.63) is 15.4 Å². The molecule has 0 bridgehead atoms. The fourth-order valence-corrected chi connectivity index (χ4v) is 3.39. The summed E-state index contributed by atoms with van der Waals surface area (Å²) in [6.45, 7) is 0. The van der Waals surface area contributed by atoms with E-state index in [1.165, 1.54) is 6.20 Å². The van der Waals surface area contributed by atoms with E-state index in [2.05, 4.69) is 47.1 Å². The summed E-state index contributed by atoms with van der Waals surface area (Å²) in [6.07, 6.45) is -1.65. The zero-order chi connectivity index (χ0) is 15.6. The predicted octanol–water partition coefficient (Wildman–Crippen LogP) is 4.31. The van der Waals surface area contributed by atoms with Gasteiger partial charge in [-0.25, -0.2) is 9.97 Å². The first-order chi connectivity index (χ1) is 9.79. The Morgan fingerprint density at radius 1 is 1.29 bits per heavy atom. The number of nitrogens with one attached hydrogen (secondary N) is 1. The van der Waals surface area contributed by atoms with Gasteiger partial charge in [-0.15, -0.1) is 0 Å². The fraction of sp³-hybridized carbons (Fsp3) is 0.583. The van der Waals surface area contributed by atoms with Crippen molar-refractivity contribution < 1.29 is 18.0 Å². The lowest BCUT2D eigenvalue weighted by atomic mass is 9.78. The van der Waals surface area contributed by atoms with Crippen LogP contribution in [-0.2, 0) is 4.79 Å². The lowest BCUT2D eigenvalue weighted by Crippen LogP contribution is -2.39. The minimum absolute atomic E-state index is 0.00519. The second-order valence-corrected chi connectivity index (χ2v) is 6.42. The van der Waals surface area contributed by atoms with E-state index in [1.54, 1.807) is 0 Å². The highest BCUT2D eigenvalue weighted by molar-refractivity contribution is 9.11. The molecule has 1 aliphatic rings. The van der Waals surface area contributed by atoms with Crippen molar-refractivity contribution in [2.45, 2.75) is 31.9 Å². The first kappa shape index (κ1) is 16.7. The molecule has 21 heavy (non-hydrogen) atoms. The Morgan fingerprint density at radius 3 is 2.57 bits per heavy atom. The molecular weight excluding hydrogens is 419 g/mol. The first-order valence-electron chi connectivity index (χ1n) is 6.34. The smallest absolute Gasteiger partial charge is 0.308 e.